The summed E-state index contributed by atoms with van der Waals surface area (Å²) in [6, 6.07) is 13.8. The van der Waals surface area contributed by atoms with E-state index in [1.54, 1.807) is 10.6 Å². The van der Waals surface area contributed by atoms with Crippen molar-refractivity contribution in [3.8, 4) is 5.88 Å². The maximum atomic E-state index is 11.3. The second-order valence-electron chi connectivity index (χ2n) is 7.38. The summed E-state index contributed by atoms with van der Waals surface area (Å²) in [5.74, 6) is -0.0904. The van der Waals surface area contributed by atoms with Crippen molar-refractivity contribution in [2.24, 2.45) is 10.2 Å². The number of azo groups is 1. The molecule has 1 aromatic heterocycles. The minimum atomic E-state index is -0.471. The van der Waals surface area contributed by atoms with Crippen molar-refractivity contribution < 1.29 is 10.0 Å². The number of hydrogen-bond donors (Lipinski definition) is 2. The zero-order valence-corrected chi connectivity index (χ0v) is 17.6. The fraction of sp³-hybridized carbons (Fsp3) is 0.286. The number of benzene rings is 2. The highest BCUT2D eigenvalue weighted by molar-refractivity contribution is 7.80. The van der Waals surface area contributed by atoms with Crippen molar-refractivity contribution in [1.82, 2.24) is 9.47 Å². The Morgan fingerprint density at radius 2 is 1.90 bits per heavy atom. The van der Waals surface area contributed by atoms with E-state index in [9.17, 15) is 15.2 Å². The van der Waals surface area contributed by atoms with Crippen LogP contribution in [0.15, 0.2) is 58.8 Å². The van der Waals surface area contributed by atoms with E-state index < -0.39 is 4.92 Å². The maximum Gasteiger partial charge on any atom is 0.270 e. The van der Waals surface area contributed by atoms with Crippen LogP contribution in [0.2, 0.25) is 0 Å². The molecular formula is C21H22N6O3S. The predicted molar refractivity (Wildman–Crippen MR) is 123 cm³/mol. The highest BCUT2D eigenvalue weighted by Crippen LogP contribution is 2.40. The number of nitrogens with one attached hydrogen (secondary N) is 1. The maximum absolute atomic E-state index is 11.3. The van der Waals surface area contributed by atoms with Crippen LogP contribution in [0.4, 0.5) is 17.1 Å². The van der Waals surface area contributed by atoms with Gasteiger partial charge in [0.2, 0.25) is 11.0 Å². The van der Waals surface area contributed by atoms with Crippen LogP contribution in [0.25, 0.3) is 10.9 Å². The summed E-state index contributed by atoms with van der Waals surface area (Å²) >= 11 is 5.23. The topological polar surface area (TPSA) is 108 Å². The first-order valence-electron chi connectivity index (χ1n) is 10.0. The number of aromatic hydroxyl groups is 1. The minimum Gasteiger partial charge on any atom is -0.493 e. The van der Waals surface area contributed by atoms with Gasteiger partial charge in [-0.15, -0.1) is 10.2 Å². The number of para-hydroxylation sites is 1. The first kappa shape index (κ1) is 20.9. The summed E-state index contributed by atoms with van der Waals surface area (Å²) in [4.78, 5) is 13.0. The van der Waals surface area contributed by atoms with E-state index in [2.05, 4.69) is 20.4 Å². The Balaban J connectivity index is 1.68. The van der Waals surface area contributed by atoms with E-state index in [1.165, 1.54) is 18.6 Å². The van der Waals surface area contributed by atoms with Gasteiger partial charge >= 0.3 is 0 Å². The van der Waals surface area contributed by atoms with Crippen molar-refractivity contribution in [3.63, 3.8) is 0 Å². The average Bonchev–Trinajstić information content (AvgIpc) is 3.04. The molecule has 2 heterocycles. The number of piperidine rings is 1. The third-order valence-electron chi connectivity index (χ3n) is 5.26. The Labute approximate surface area is 184 Å². The van der Waals surface area contributed by atoms with Gasteiger partial charge in [-0.05, 0) is 56.3 Å². The molecule has 160 valence electrons. The summed E-state index contributed by atoms with van der Waals surface area (Å²) in [5.41, 5.74) is 1.50. The molecule has 0 aliphatic carbocycles. The number of likely N-dealkylation sites (tertiary alicyclic amines) is 1. The molecule has 4 rings (SSSR count). The van der Waals surface area contributed by atoms with Crippen LogP contribution in [0.3, 0.4) is 0 Å². The van der Waals surface area contributed by atoms with Crippen molar-refractivity contribution in [3.05, 3.63) is 58.6 Å². The molecular weight excluding hydrogens is 416 g/mol. The van der Waals surface area contributed by atoms with Crippen LogP contribution in [0, 0.1) is 10.1 Å². The Morgan fingerprint density at radius 1 is 1.16 bits per heavy atom. The zero-order valence-electron chi connectivity index (χ0n) is 16.8. The molecule has 1 aliphatic heterocycles. The van der Waals surface area contributed by atoms with E-state index >= 15 is 0 Å². The summed E-state index contributed by atoms with van der Waals surface area (Å²) in [5, 5.41) is 33.9. The molecule has 1 aliphatic rings. The second kappa shape index (κ2) is 9.19. The molecule has 2 aromatic carbocycles. The Hall–Kier alpha value is -3.37. The molecule has 1 saturated heterocycles. The standard InChI is InChI=1S/C21H22N6O3S/c28-20-19(23-24-21(31)22-15-7-3-1-4-8-15)17-13-16(27(29)30)9-10-18(17)26(20)14-25-11-5-2-6-12-25/h1,3-4,7-10,13,28H,2,5-6,11-12,14H2,(H,22,31). The molecule has 2 N–H and O–H groups in total. The van der Waals surface area contributed by atoms with E-state index in [0.717, 1.165) is 31.6 Å². The number of rotatable bonds is 5. The smallest absolute Gasteiger partial charge is 0.270 e. The van der Waals surface area contributed by atoms with E-state index in [-0.39, 0.29) is 22.4 Å². The third kappa shape index (κ3) is 4.70. The summed E-state index contributed by atoms with van der Waals surface area (Å²) in [6.45, 7) is 2.35. The molecule has 0 amide bonds. The van der Waals surface area contributed by atoms with Gasteiger partial charge in [0.1, 0.15) is 0 Å². The summed E-state index contributed by atoms with van der Waals surface area (Å²) in [6.07, 6.45) is 3.42. The summed E-state index contributed by atoms with van der Waals surface area (Å²) in [7, 11) is 0. The van der Waals surface area contributed by atoms with Crippen LogP contribution in [-0.4, -0.2) is 37.7 Å². The molecule has 0 bridgehead atoms. The van der Waals surface area contributed by atoms with Crippen LogP contribution in [-0.2, 0) is 6.67 Å². The monoisotopic (exact) mass is 438 g/mol. The van der Waals surface area contributed by atoms with Crippen molar-refractivity contribution >= 4 is 45.3 Å². The molecule has 3 aromatic rings. The minimum absolute atomic E-state index is 0.0796. The zero-order chi connectivity index (χ0) is 21.8. The molecule has 31 heavy (non-hydrogen) atoms. The fourth-order valence-electron chi connectivity index (χ4n) is 3.73. The number of nitrogens with zero attached hydrogens (tertiary/aromatic N) is 5. The lowest BCUT2D eigenvalue weighted by Gasteiger charge is -2.27. The second-order valence-corrected chi connectivity index (χ2v) is 7.76. The third-order valence-corrected chi connectivity index (χ3v) is 5.44. The van der Waals surface area contributed by atoms with E-state index in [1.807, 2.05) is 30.3 Å². The number of anilines is 1. The van der Waals surface area contributed by atoms with Crippen LogP contribution < -0.4 is 5.32 Å². The van der Waals surface area contributed by atoms with Gasteiger partial charge in [-0.25, -0.2) is 0 Å². The highest BCUT2D eigenvalue weighted by Gasteiger charge is 2.22. The number of hydrogen-bond acceptors (Lipinski definition) is 6. The Bertz CT molecular complexity index is 1140. The van der Waals surface area contributed by atoms with Crippen molar-refractivity contribution in [1.29, 1.82) is 0 Å². The molecule has 0 spiro atoms. The molecule has 10 heteroatoms. The van der Waals surface area contributed by atoms with Gasteiger partial charge < -0.3 is 10.4 Å². The Kier molecular flexibility index (Phi) is 6.19. The predicted octanol–water partition coefficient (Wildman–Crippen LogP) is 5.18. The quantitative estimate of drug-likeness (QED) is 0.246. The average molecular weight is 439 g/mol. The molecule has 0 atom stereocenters. The van der Waals surface area contributed by atoms with Gasteiger partial charge in [0, 0.05) is 23.2 Å². The van der Waals surface area contributed by atoms with Gasteiger partial charge in [0.15, 0.2) is 5.69 Å². The fourth-order valence-corrected chi connectivity index (χ4v) is 3.89. The molecule has 1 fully saturated rings. The van der Waals surface area contributed by atoms with Gasteiger partial charge in [0.05, 0.1) is 17.1 Å². The van der Waals surface area contributed by atoms with Crippen molar-refractivity contribution in [2.75, 3.05) is 18.4 Å². The number of aromatic nitrogens is 1. The van der Waals surface area contributed by atoms with E-state index in [4.69, 9.17) is 12.2 Å². The van der Waals surface area contributed by atoms with Crippen LogP contribution >= 0.6 is 12.2 Å². The van der Waals surface area contributed by atoms with Gasteiger partial charge in [-0.2, -0.15) is 0 Å². The lowest BCUT2D eigenvalue weighted by molar-refractivity contribution is -0.384. The molecule has 0 radical (unpaired) electrons. The Morgan fingerprint density at radius 3 is 2.61 bits per heavy atom. The number of nitro groups is 1. The number of fused-ring (bicyclic) bond motifs is 1. The molecule has 0 unspecified atom stereocenters. The largest absolute Gasteiger partial charge is 0.493 e. The van der Waals surface area contributed by atoms with Crippen LogP contribution in [0.5, 0.6) is 5.88 Å². The van der Waals surface area contributed by atoms with Gasteiger partial charge in [0.25, 0.3) is 5.69 Å². The molecule has 9 nitrogen and oxygen atoms in total. The number of thiocarbonyl (C=S) groups is 1. The lowest BCUT2D eigenvalue weighted by atomic mass is 10.1. The highest BCUT2D eigenvalue weighted by atomic mass is 32.1. The molecule has 0 saturated carbocycles. The number of non-ortho nitro benzene ring substituents is 1. The normalized spacial score (nSPS) is 14.8. The summed E-state index contributed by atoms with van der Waals surface area (Å²) < 4.78 is 1.71. The first-order chi connectivity index (χ1) is 15.0. The lowest BCUT2D eigenvalue weighted by Crippen LogP contribution is -2.31. The van der Waals surface area contributed by atoms with Crippen molar-refractivity contribution in [2.45, 2.75) is 25.9 Å². The van der Waals surface area contributed by atoms with Gasteiger partial charge in [-0.3, -0.25) is 19.6 Å². The first-order valence-corrected chi connectivity index (χ1v) is 10.4. The van der Waals surface area contributed by atoms with Crippen LogP contribution in [0.1, 0.15) is 19.3 Å². The number of nitro benzene ring substituents is 1. The SMILES string of the molecule is O=[N+]([O-])c1ccc2c(c1)c(N=NC(=S)Nc1ccccc1)c(O)n2CN1CCCCC1. The van der Waals surface area contributed by atoms with Gasteiger partial charge in [-0.1, -0.05) is 24.6 Å². The van der Waals surface area contributed by atoms with E-state index in [0.29, 0.717) is 17.6 Å².